The average molecular weight is 264 g/mol. The number of likely N-dealkylation sites (N-methyl/N-ethyl adjacent to an activating group) is 1. The molecule has 102 valence electrons. The number of nitrogens with zero attached hydrogens (tertiary/aromatic N) is 1. The molecule has 1 N–H and O–H groups in total. The molecule has 0 aromatic heterocycles. The third kappa shape index (κ3) is 5.33. The van der Waals surface area contributed by atoms with Gasteiger partial charge >= 0.3 is 0 Å². The molecule has 1 fully saturated rings. The fourth-order valence-electron chi connectivity index (χ4n) is 1.99. The first kappa shape index (κ1) is 14.9. The van der Waals surface area contributed by atoms with Gasteiger partial charge in [-0.15, -0.1) is 0 Å². The van der Waals surface area contributed by atoms with E-state index in [-0.39, 0.29) is 6.04 Å². The second-order valence-electron chi connectivity index (χ2n) is 4.84. The van der Waals surface area contributed by atoms with E-state index in [1.165, 1.54) is 0 Å². The van der Waals surface area contributed by atoms with Gasteiger partial charge in [-0.1, -0.05) is 0 Å². The maximum atomic E-state index is 11.3. The molecule has 5 nitrogen and oxygen atoms in total. The van der Waals surface area contributed by atoms with E-state index < -0.39 is 9.84 Å². The van der Waals surface area contributed by atoms with Crippen LogP contribution in [0.4, 0.5) is 0 Å². The SMILES string of the molecule is COCC(C)N(C)CCNC1CCS(=O)(=O)C1. The second kappa shape index (κ2) is 6.68. The highest BCUT2D eigenvalue weighted by atomic mass is 32.2. The lowest BCUT2D eigenvalue weighted by molar-refractivity contribution is 0.115. The standard InChI is InChI=1S/C11H24N2O3S/c1-10(8-16-3)13(2)6-5-12-11-4-7-17(14,15)9-11/h10-12H,4-9H2,1-3H3. The van der Waals surface area contributed by atoms with Crippen LogP contribution in [0.1, 0.15) is 13.3 Å². The quantitative estimate of drug-likeness (QED) is 0.686. The zero-order valence-electron chi connectivity index (χ0n) is 11.0. The normalized spacial score (nSPS) is 25.3. The highest BCUT2D eigenvalue weighted by Gasteiger charge is 2.27. The van der Waals surface area contributed by atoms with E-state index in [4.69, 9.17) is 4.74 Å². The monoisotopic (exact) mass is 264 g/mol. The molecule has 2 atom stereocenters. The molecule has 2 unspecified atom stereocenters. The largest absolute Gasteiger partial charge is 0.383 e. The highest BCUT2D eigenvalue weighted by molar-refractivity contribution is 7.91. The smallest absolute Gasteiger partial charge is 0.151 e. The number of methoxy groups -OCH3 is 1. The van der Waals surface area contributed by atoms with Gasteiger partial charge in [0.15, 0.2) is 9.84 Å². The maximum absolute atomic E-state index is 11.3. The Morgan fingerprint density at radius 2 is 2.24 bits per heavy atom. The maximum Gasteiger partial charge on any atom is 0.151 e. The fraction of sp³-hybridized carbons (Fsp3) is 1.00. The molecule has 0 aliphatic carbocycles. The van der Waals surface area contributed by atoms with Gasteiger partial charge in [0.2, 0.25) is 0 Å². The summed E-state index contributed by atoms with van der Waals surface area (Å²) in [4.78, 5) is 2.21. The van der Waals surface area contributed by atoms with E-state index in [1.54, 1.807) is 7.11 Å². The van der Waals surface area contributed by atoms with E-state index in [1.807, 2.05) is 0 Å². The van der Waals surface area contributed by atoms with Gasteiger partial charge < -0.3 is 15.0 Å². The second-order valence-corrected chi connectivity index (χ2v) is 7.07. The van der Waals surface area contributed by atoms with Gasteiger partial charge in [0.25, 0.3) is 0 Å². The summed E-state index contributed by atoms with van der Waals surface area (Å²) in [5.74, 6) is 0.630. The van der Waals surface area contributed by atoms with Gasteiger partial charge in [0.05, 0.1) is 18.1 Å². The van der Waals surface area contributed by atoms with Crippen LogP contribution < -0.4 is 5.32 Å². The Hall–Kier alpha value is -0.170. The van der Waals surface area contributed by atoms with Gasteiger partial charge in [-0.05, 0) is 20.4 Å². The lowest BCUT2D eigenvalue weighted by atomic mass is 10.2. The van der Waals surface area contributed by atoms with Crippen molar-refractivity contribution in [2.75, 3.05) is 45.4 Å². The van der Waals surface area contributed by atoms with Crippen molar-refractivity contribution in [1.82, 2.24) is 10.2 Å². The minimum atomic E-state index is -2.77. The van der Waals surface area contributed by atoms with E-state index >= 15 is 0 Å². The van der Waals surface area contributed by atoms with Crippen LogP contribution in [-0.2, 0) is 14.6 Å². The molecule has 0 aromatic carbocycles. The fourth-order valence-corrected chi connectivity index (χ4v) is 3.70. The molecule has 1 rings (SSSR count). The van der Waals surface area contributed by atoms with Gasteiger partial charge in [0.1, 0.15) is 0 Å². The molecule has 1 heterocycles. The summed E-state index contributed by atoms with van der Waals surface area (Å²) in [5.41, 5.74) is 0. The van der Waals surface area contributed by atoms with Crippen molar-refractivity contribution in [1.29, 1.82) is 0 Å². The third-order valence-electron chi connectivity index (χ3n) is 3.29. The number of rotatable bonds is 7. The summed E-state index contributed by atoms with van der Waals surface area (Å²) in [7, 11) is 0.986. The summed E-state index contributed by atoms with van der Waals surface area (Å²) >= 11 is 0. The number of nitrogens with one attached hydrogen (secondary N) is 1. The van der Waals surface area contributed by atoms with Crippen molar-refractivity contribution in [2.45, 2.75) is 25.4 Å². The molecule has 0 radical (unpaired) electrons. The summed E-state index contributed by atoms with van der Waals surface area (Å²) in [6.07, 6.45) is 0.750. The summed E-state index contributed by atoms with van der Waals surface area (Å²) in [6, 6.07) is 0.528. The molecular weight excluding hydrogens is 240 g/mol. The first-order valence-electron chi connectivity index (χ1n) is 6.07. The Morgan fingerprint density at radius 3 is 2.76 bits per heavy atom. The molecule has 6 heteroatoms. The van der Waals surface area contributed by atoms with Crippen molar-refractivity contribution in [3.05, 3.63) is 0 Å². The van der Waals surface area contributed by atoms with E-state index in [9.17, 15) is 8.42 Å². The zero-order chi connectivity index (χ0) is 12.9. The van der Waals surface area contributed by atoms with Crippen LogP contribution in [0.2, 0.25) is 0 Å². The molecular formula is C11H24N2O3S. The summed E-state index contributed by atoms with van der Waals surface area (Å²) < 4.78 is 27.6. The van der Waals surface area contributed by atoms with Crippen molar-refractivity contribution >= 4 is 9.84 Å². The van der Waals surface area contributed by atoms with E-state index in [0.717, 1.165) is 19.5 Å². The first-order chi connectivity index (χ1) is 7.94. The van der Waals surface area contributed by atoms with Crippen molar-refractivity contribution in [2.24, 2.45) is 0 Å². The van der Waals surface area contributed by atoms with Crippen LogP contribution in [0.5, 0.6) is 0 Å². The van der Waals surface area contributed by atoms with Crippen molar-refractivity contribution < 1.29 is 13.2 Å². The molecule has 17 heavy (non-hydrogen) atoms. The number of hydrogen-bond donors (Lipinski definition) is 1. The molecule has 1 aliphatic rings. The molecule has 0 saturated carbocycles. The van der Waals surface area contributed by atoms with Crippen molar-refractivity contribution in [3.8, 4) is 0 Å². The van der Waals surface area contributed by atoms with Crippen LogP contribution >= 0.6 is 0 Å². The molecule has 1 saturated heterocycles. The van der Waals surface area contributed by atoms with Crippen LogP contribution in [-0.4, -0.2) is 70.8 Å². The molecule has 1 aliphatic heterocycles. The summed E-state index contributed by atoms with van der Waals surface area (Å²) in [5, 5.41) is 3.30. The van der Waals surface area contributed by atoms with Gasteiger partial charge in [-0.3, -0.25) is 0 Å². The van der Waals surface area contributed by atoms with Gasteiger partial charge in [-0.25, -0.2) is 8.42 Å². The minimum absolute atomic E-state index is 0.145. The zero-order valence-corrected chi connectivity index (χ0v) is 11.8. The Bertz CT molecular complexity index is 319. The number of ether oxygens (including phenoxy) is 1. The molecule has 0 amide bonds. The van der Waals surface area contributed by atoms with Gasteiger partial charge in [-0.2, -0.15) is 0 Å². The highest BCUT2D eigenvalue weighted by Crippen LogP contribution is 2.10. The lowest BCUT2D eigenvalue weighted by Gasteiger charge is -2.24. The summed E-state index contributed by atoms with van der Waals surface area (Å²) in [6.45, 7) is 4.56. The molecule has 0 bridgehead atoms. The Morgan fingerprint density at radius 1 is 1.53 bits per heavy atom. The van der Waals surface area contributed by atoms with Crippen LogP contribution in [0.15, 0.2) is 0 Å². The Labute approximate surface area is 104 Å². The predicted molar refractivity (Wildman–Crippen MR) is 69.0 cm³/mol. The molecule has 0 spiro atoms. The van der Waals surface area contributed by atoms with Crippen LogP contribution in [0.3, 0.4) is 0 Å². The van der Waals surface area contributed by atoms with Crippen LogP contribution in [0, 0.1) is 0 Å². The predicted octanol–water partition coefficient (Wildman–Crippen LogP) is -0.270. The Kier molecular flexibility index (Phi) is 5.85. The van der Waals surface area contributed by atoms with Crippen LogP contribution in [0.25, 0.3) is 0 Å². The average Bonchev–Trinajstić information content (AvgIpc) is 2.58. The number of sulfone groups is 1. The van der Waals surface area contributed by atoms with Gasteiger partial charge in [0, 0.05) is 32.3 Å². The lowest BCUT2D eigenvalue weighted by Crippen LogP contribution is -2.40. The topological polar surface area (TPSA) is 58.6 Å². The minimum Gasteiger partial charge on any atom is -0.383 e. The molecule has 0 aromatic rings. The number of hydrogen-bond acceptors (Lipinski definition) is 5. The van der Waals surface area contributed by atoms with E-state index in [2.05, 4.69) is 24.2 Å². The third-order valence-corrected chi connectivity index (χ3v) is 5.06. The first-order valence-corrected chi connectivity index (χ1v) is 7.89. The Balaban J connectivity index is 2.16. The van der Waals surface area contributed by atoms with E-state index in [0.29, 0.717) is 24.2 Å². The van der Waals surface area contributed by atoms with Crippen molar-refractivity contribution in [3.63, 3.8) is 0 Å².